The first-order valence-corrected chi connectivity index (χ1v) is 6.22. The zero-order chi connectivity index (χ0) is 13.4. The van der Waals surface area contributed by atoms with Crippen molar-refractivity contribution in [2.45, 2.75) is 26.0 Å². The summed E-state index contributed by atoms with van der Waals surface area (Å²) < 4.78 is 5.48. The topological polar surface area (TPSA) is 55.6 Å². The fourth-order valence-electron chi connectivity index (χ4n) is 1.50. The van der Waals surface area contributed by atoms with Gasteiger partial charge in [-0.05, 0) is 12.5 Å². The number of benzene rings is 1. The predicted octanol–water partition coefficient (Wildman–Crippen LogP) is 1.40. The molecule has 0 aliphatic heterocycles. The van der Waals surface area contributed by atoms with Crippen molar-refractivity contribution in [2.24, 2.45) is 5.73 Å². The summed E-state index contributed by atoms with van der Waals surface area (Å²) in [5.74, 6) is 0.0704. The van der Waals surface area contributed by atoms with Gasteiger partial charge in [0, 0.05) is 19.6 Å². The number of amides is 1. The molecule has 0 aromatic heterocycles. The average molecular weight is 250 g/mol. The third kappa shape index (κ3) is 4.85. The van der Waals surface area contributed by atoms with Gasteiger partial charge in [-0.15, -0.1) is 0 Å². The lowest BCUT2D eigenvalue weighted by molar-refractivity contribution is -0.132. The highest BCUT2D eigenvalue weighted by molar-refractivity contribution is 5.76. The van der Waals surface area contributed by atoms with Crippen LogP contribution in [-0.4, -0.2) is 37.0 Å². The minimum Gasteiger partial charge on any atom is -0.376 e. The Balaban J connectivity index is 2.20. The normalized spacial score (nSPS) is 12.2. The summed E-state index contributed by atoms with van der Waals surface area (Å²) in [4.78, 5) is 13.4. The van der Waals surface area contributed by atoms with Crippen LogP contribution in [0, 0.1) is 0 Å². The van der Waals surface area contributed by atoms with Gasteiger partial charge in [0.25, 0.3) is 0 Å². The molecule has 0 fully saturated rings. The van der Waals surface area contributed by atoms with Crippen molar-refractivity contribution in [2.75, 3.05) is 20.2 Å². The Morgan fingerprint density at radius 3 is 2.67 bits per heavy atom. The molecule has 1 aromatic carbocycles. The van der Waals surface area contributed by atoms with E-state index in [1.807, 2.05) is 37.3 Å². The number of rotatable bonds is 7. The zero-order valence-electron chi connectivity index (χ0n) is 11.1. The summed E-state index contributed by atoms with van der Waals surface area (Å²) in [5, 5.41) is 0. The van der Waals surface area contributed by atoms with Gasteiger partial charge in [-0.25, -0.2) is 0 Å². The lowest BCUT2D eigenvalue weighted by atomic mass is 10.2. The Kier molecular flexibility index (Phi) is 6.39. The van der Waals surface area contributed by atoms with E-state index in [2.05, 4.69) is 0 Å². The first kappa shape index (κ1) is 14.7. The number of hydrogen-bond donors (Lipinski definition) is 1. The number of likely N-dealkylation sites (N-methyl/N-ethyl adjacent to an activating group) is 1. The van der Waals surface area contributed by atoms with Gasteiger partial charge in [-0.1, -0.05) is 30.3 Å². The van der Waals surface area contributed by atoms with E-state index >= 15 is 0 Å². The summed E-state index contributed by atoms with van der Waals surface area (Å²) >= 11 is 0. The molecule has 4 heteroatoms. The molecule has 0 radical (unpaired) electrons. The van der Waals surface area contributed by atoms with Gasteiger partial charge < -0.3 is 15.4 Å². The molecule has 0 aliphatic rings. The Labute approximate surface area is 109 Å². The summed E-state index contributed by atoms with van der Waals surface area (Å²) in [7, 11) is 1.77. The molecule has 2 N–H and O–H groups in total. The SMILES string of the molecule is CC(CN)N(C)C(=O)CCOCc1ccccc1. The number of ether oxygens (including phenoxy) is 1. The van der Waals surface area contributed by atoms with Gasteiger partial charge >= 0.3 is 0 Å². The molecule has 4 nitrogen and oxygen atoms in total. The molecule has 0 spiro atoms. The number of carbonyl (C=O) groups is 1. The van der Waals surface area contributed by atoms with Gasteiger partial charge in [0.2, 0.25) is 5.91 Å². The minimum atomic E-state index is 0.0704. The molecule has 1 atom stereocenters. The monoisotopic (exact) mass is 250 g/mol. The van der Waals surface area contributed by atoms with Gasteiger partial charge in [0.05, 0.1) is 19.6 Å². The molecule has 18 heavy (non-hydrogen) atoms. The van der Waals surface area contributed by atoms with Crippen LogP contribution in [-0.2, 0) is 16.1 Å². The number of carbonyl (C=O) groups excluding carboxylic acids is 1. The highest BCUT2D eigenvalue weighted by atomic mass is 16.5. The van der Waals surface area contributed by atoms with Crippen LogP contribution in [0.1, 0.15) is 18.9 Å². The van der Waals surface area contributed by atoms with Crippen LogP contribution in [0.5, 0.6) is 0 Å². The van der Waals surface area contributed by atoms with Gasteiger partial charge in [0.15, 0.2) is 0 Å². The van der Waals surface area contributed by atoms with E-state index in [1.165, 1.54) is 0 Å². The van der Waals surface area contributed by atoms with E-state index in [1.54, 1.807) is 11.9 Å². The first-order valence-electron chi connectivity index (χ1n) is 6.22. The average Bonchev–Trinajstić information content (AvgIpc) is 2.42. The maximum absolute atomic E-state index is 11.7. The van der Waals surface area contributed by atoms with E-state index in [4.69, 9.17) is 10.5 Å². The van der Waals surface area contributed by atoms with Gasteiger partial charge in [-0.3, -0.25) is 4.79 Å². The van der Waals surface area contributed by atoms with Crippen molar-refractivity contribution in [3.05, 3.63) is 35.9 Å². The summed E-state index contributed by atoms with van der Waals surface area (Å²) in [5.41, 5.74) is 6.64. The van der Waals surface area contributed by atoms with E-state index in [9.17, 15) is 4.79 Å². The smallest absolute Gasteiger partial charge is 0.224 e. The number of hydrogen-bond acceptors (Lipinski definition) is 3. The summed E-state index contributed by atoms with van der Waals surface area (Å²) in [6, 6.07) is 10.00. The first-order chi connectivity index (χ1) is 8.65. The molecule has 1 aromatic rings. The van der Waals surface area contributed by atoms with E-state index < -0.39 is 0 Å². The third-order valence-corrected chi connectivity index (χ3v) is 2.97. The maximum atomic E-state index is 11.7. The maximum Gasteiger partial charge on any atom is 0.224 e. The number of nitrogens with two attached hydrogens (primary N) is 1. The van der Waals surface area contributed by atoms with Crippen LogP contribution in [0.3, 0.4) is 0 Å². The second-order valence-corrected chi connectivity index (χ2v) is 4.38. The Bertz CT molecular complexity index is 354. The molecule has 0 saturated carbocycles. The largest absolute Gasteiger partial charge is 0.376 e. The van der Waals surface area contributed by atoms with Crippen molar-refractivity contribution in [3.63, 3.8) is 0 Å². The molecule has 1 rings (SSSR count). The molecule has 0 heterocycles. The van der Waals surface area contributed by atoms with E-state index in [-0.39, 0.29) is 11.9 Å². The van der Waals surface area contributed by atoms with Gasteiger partial charge in [0.1, 0.15) is 0 Å². The van der Waals surface area contributed by atoms with Crippen LogP contribution >= 0.6 is 0 Å². The van der Waals surface area contributed by atoms with Crippen LogP contribution in [0.15, 0.2) is 30.3 Å². The fourth-order valence-corrected chi connectivity index (χ4v) is 1.50. The Hall–Kier alpha value is -1.39. The molecular weight excluding hydrogens is 228 g/mol. The van der Waals surface area contributed by atoms with Crippen molar-refractivity contribution in [1.82, 2.24) is 4.90 Å². The number of nitrogens with zero attached hydrogens (tertiary/aromatic N) is 1. The Morgan fingerprint density at radius 2 is 2.06 bits per heavy atom. The van der Waals surface area contributed by atoms with Crippen LogP contribution in [0.4, 0.5) is 0 Å². The lowest BCUT2D eigenvalue weighted by Gasteiger charge is -2.23. The second kappa shape index (κ2) is 7.84. The Morgan fingerprint density at radius 1 is 1.39 bits per heavy atom. The van der Waals surface area contributed by atoms with Crippen molar-refractivity contribution >= 4 is 5.91 Å². The standard InChI is InChI=1S/C14H22N2O2/c1-12(10-15)16(2)14(17)8-9-18-11-13-6-4-3-5-7-13/h3-7,12H,8-11,15H2,1-2H3. The molecular formula is C14H22N2O2. The highest BCUT2D eigenvalue weighted by Gasteiger charge is 2.13. The summed E-state index contributed by atoms with van der Waals surface area (Å²) in [6.45, 7) is 3.40. The van der Waals surface area contributed by atoms with Crippen LogP contribution < -0.4 is 5.73 Å². The minimum absolute atomic E-state index is 0.0704. The zero-order valence-corrected chi connectivity index (χ0v) is 11.1. The van der Waals surface area contributed by atoms with Crippen molar-refractivity contribution in [3.8, 4) is 0 Å². The molecule has 100 valence electrons. The van der Waals surface area contributed by atoms with E-state index in [0.717, 1.165) is 5.56 Å². The fraction of sp³-hybridized carbons (Fsp3) is 0.500. The van der Waals surface area contributed by atoms with Crippen LogP contribution in [0.25, 0.3) is 0 Å². The quantitative estimate of drug-likeness (QED) is 0.744. The molecule has 1 unspecified atom stereocenters. The van der Waals surface area contributed by atoms with E-state index in [0.29, 0.717) is 26.2 Å². The van der Waals surface area contributed by atoms with Crippen molar-refractivity contribution < 1.29 is 9.53 Å². The highest BCUT2D eigenvalue weighted by Crippen LogP contribution is 2.02. The predicted molar refractivity (Wildman–Crippen MR) is 72.0 cm³/mol. The third-order valence-electron chi connectivity index (χ3n) is 2.97. The molecule has 0 bridgehead atoms. The molecule has 0 aliphatic carbocycles. The summed E-state index contributed by atoms with van der Waals surface area (Å²) in [6.07, 6.45) is 0.397. The molecule has 0 saturated heterocycles. The van der Waals surface area contributed by atoms with Crippen LogP contribution in [0.2, 0.25) is 0 Å². The molecule has 1 amide bonds. The lowest BCUT2D eigenvalue weighted by Crippen LogP contribution is -2.40. The van der Waals surface area contributed by atoms with Gasteiger partial charge in [-0.2, -0.15) is 0 Å². The van der Waals surface area contributed by atoms with Crippen molar-refractivity contribution in [1.29, 1.82) is 0 Å². The second-order valence-electron chi connectivity index (χ2n) is 4.38.